The molecule has 0 bridgehead atoms. The summed E-state index contributed by atoms with van der Waals surface area (Å²) >= 11 is 0. The van der Waals surface area contributed by atoms with Gasteiger partial charge in [0, 0.05) is 37.9 Å². The number of pyridine rings is 1. The molecule has 2 heterocycles. The molecule has 1 fully saturated rings. The van der Waals surface area contributed by atoms with Crippen molar-refractivity contribution in [3.63, 3.8) is 0 Å². The molecule has 2 rings (SSSR count). The molecule has 1 aromatic heterocycles. The van der Waals surface area contributed by atoms with Crippen molar-refractivity contribution < 1.29 is 0 Å². The van der Waals surface area contributed by atoms with Gasteiger partial charge in [0.25, 0.3) is 0 Å². The number of anilines is 1. The molecule has 19 heavy (non-hydrogen) atoms. The Bertz CT molecular complexity index is 395. The molecule has 0 saturated carbocycles. The monoisotopic (exact) mass is 261 g/mol. The maximum absolute atomic E-state index is 4.62. The Kier molecular flexibility index (Phi) is 4.14. The van der Waals surface area contributed by atoms with E-state index in [1.54, 1.807) is 0 Å². The van der Waals surface area contributed by atoms with Gasteiger partial charge >= 0.3 is 0 Å². The first-order chi connectivity index (χ1) is 8.88. The fourth-order valence-corrected chi connectivity index (χ4v) is 2.53. The summed E-state index contributed by atoms with van der Waals surface area (Å²) in [4.78, 5) is 9.56. The number of hydrogen-bond donors (Lipinski definition) is 0. The van der Waals surface area contributed by atoms with E-state index < -0.39 is 0 Å². The van der Waals surface area contributed by atoms with E-state index in [1.807, 2.05) is 6.20 Å². The van der Waals surface area contributed by atoms with Gasteiger partial charge < -0.3 is 4.90 Å². The van der Waals surface area contributed by atoms with Crippen LogP contribution in [0.2, 0.25) is 0 Å². The zero-order chi connectivity index (χ0) is 14.0. The molecule has 1 saturated heterocycles. The Balaban J connectivity index is 1.98. The third-order valence-corrected chi connectivity index (χ3v) is 3.99. The van der Waals surface area contributed by atoms with Gasteiger partial charge in [-0.15, -0.1) is 0 Å². The van der Waals surface area contributed by atoms with E-state index in [0.29, 0.717) is 5.92 Å². The van der Waals surface area contributed by atoms with E-state index in [4.69, 9.17) is 0 Å². The Hall–Kier alpha value is -1.09. The van der Waals surface area contributed by atoms with Gasteiger partial charge in [0.1, 0.15) is 5.82 Å². The lowest BCUT2D eigenvalue weighted by molar-refractivity contribution is 0.128. The molecular weight excluding hydrogens is 234 g/mol. The summed E-state index contributed by atoms with van der Waals surface area (Å²) < 4.78 is 0. The lowest BCUT2D eigenvalue weighted by Gasteiger charge is -2.42. The highest BCUT2D eigenvalue weighted by Gasteiger charge is 2.26. The molecule has 1 aliphatic rings. The van der Waals surface area contributed by atoms with Crippen LogP contribution in [-0.2, 0) is 0 Å². The van der Waals surface area contributed by atoms with Gasteiger partial charge in [0.2, 0.25) is 0 Å². The zero-order valence-electron chi connectivity index (χ0n) is 13.0. The zero-order valence-corrected chi connectivity index (χ0v) is 13.0. The molecule has 0 N–H and O–H groups in total. The van der Waals surface area contributed by atoms with Crippen LogP contribution in [0.1, 0.15) is 46.1 Å². The number of piperazine rings is 1. The van der Waals surface area contributed by atoms with Crippen molar-refractivity contribution >= 4 is 5.82 Å². The van der Waals surface area contributed by atoms with Crippen molar-refractivity contribution in [1.82, 2.24) is 9.88 Å². The van der Waals surface area contributed by atoms with Crippen LogP contribution in [0.3, 0.4) is 0 Å². The number of hydrogen-bond acceptors (Lipinski definition) is 3. The minimum absolute atomic E-state index is 0.279. The molecule has 0 aliphatic carbocycles. The molecule has 1 aliphatic heterocycles. The van der Waals surface area contributed by atoms with Crippen molar-refractivity contribution in [3.05, 3.63) is 23.9 Å². The first-order valence-corrected chi connectivity index (χ1v) is 7.34. The molecule has 0 aromatic carbocycles. The van der Waals surface area contributed by atoms with Gasteiger partial charge in [-0.25, -0.2) is 4.98 Å². The van der Waals surface area contributed by atoms with Crippen LogP contribution in [0.25, 0.3) is 0 Å². The van der Waals surface area contributed by atoms with Gasteiger partial charge in [-0.05, 0) is 38.3 Å². The van der Waals surface area contributed by atoms with E-state index in [-0.39, 0.29) is 5.54 Å². The number of aromatic nitrogens is 1. The average molecular weight is 261 g/mol. The van der Waals surface area contributed by atoms with Gasteiger partial charge in [0.05, 0.1) is 0 Å². The fraction of sp³-hybridized carbons (Fsp3) is 0.688. The largest absolute Gasteiger partial charge is 0.354 e. The first kappa shape index (κ1) is 14.3. The van der Waals surface area contributed by atoms with Crippen LogP contribution >= 0.6 is 0 Å². The summed E-state index contributed by atoms with van der Waals surface area (Å²) in [5, 5.41) is 0. The summed E-state index contributed by atoms with van der Waals surface area (Å²) in [5.41, 5.74) is 1.60. The summed E-state index contributed by atoms with van der Waals surface area (Å²) in [5.74, 6) is 1.68. The molecular formula is C16H27N3. The van der Waals surface area contributed by atoms with E-state index in [1.165, 1.54) is 5.56 Å². The first-order valence-electron chi connectivity index (χ1n) is 7.34. The van der Waals surface area contributed by atoms with E-state index >= 15 is 0 Å². The normalized spacial score (nSPS) is 18.1. The second-order valence-electron chi connectivity index (χ2n) is 6.75. The minimum Gasteiger partial charge on any atom is -0.354 e. The second kappa shape index (κ2) is 5.49. The van der Waals surface area contributed by atoms with Crippen molar-refractivity contribution in [2.24, 2.45) is 0 Å². The highest BCUT2D eigenvalue weighted by Crippen LogP contribution is 2.21. The number of nitrogens with zero attached hydrogens (tertiary/aromatic N) is 3. The van der Waals surface area contributed by atoms with Crippen LogP contribution in [0.5, 0.6) is 0 Å². The van der Waals surface area contributed by atoms with Crippen LogP contribution in [0, 0.1) is 0 Å². The SMILES string of the molecule is CC(C)c1ccc(N2CCN(C(C)(C)C)CC2)nc1. The molecule has 3 nitrogen and oxygen atoms in total. The predicted molar refractivity (Wildman–Crippen MR) is 81.9 cm³/mol. The average Bonchev–Trinajstić information content (AvgIpc) is 2.38. The van der Waals surface area contributed by atoms with Crippen molar-refractivity contribution in [1.29, 1.82) is 0 Å². The number of rotatable bonds is 2. The van der Waals surface area contributed by atoms with Crippen molar-refractivity contribution in [2.75, 3.05) is 31.1 Å². The van der Waals surface area contributed by atoms with E-state index in [9.17, 15) is 0 Å². The molecule has 0 amide bonds. The van der Waals surface area contributed by atoms with E-state index in [0.717, 1.165) is 32.0 Å². The molecule has 3 heteroatoms. The Morgan fingerprint density at radius 3 is 2.11 bits per heavy atom. The highest BCUT2D eigenvalue weighted by atomic mass is 15.3. The van der Waals surface area contributed by atoms with Gasteiger partial charge in [-0.2, -0.15) is 0 Å². The van der Waals surface area contributed by atoms with Crippen molar-refractivity contribution in [3.8, 4) is 0 Å². The van der Waals surface area contributed by atoms with Crippen molar-refractivity contribution in [2.45, 2.75) is 46.1 Å². The predicted octanol–water partition coefficient (Wildman–Crippen LogP) is 3.13. The summed E-state index contributed by atoms with van der Waals surface area (Å²) in [6.07, 6.45) is 2.02. The van der Waals surface area contributed by atoms with E-state index in [2.05, 4.69) is 61.5 Å². The quantitative estimate of drug-likeness (QED) is 0.815. The maximum Gasteiger partial charge on any atom is 0.128 e. The topological polar surface area (TPSA) is 19.4 Å². The molecule has 0 unspecified atom stereocenters. The Morgan fingerprint density at radius 2 is 1.68 bits per heavy atom. The van der Waals surface area contributed by atoms with Crippen LogP contribution in [0.4, 0.5) is 5.82 Å². The molecule has 0 spiro atoms. The Labute approximate surface area is 117 Å². The summed E-state index contributed by atoms with van der Waals surface area (Å²) in [6, 6.07) is 4.38. The van der Waals surface area contributed by atoms with Gasteiger partial charge in [-0.3, -0.25) is 4.90 Å². The van der Waals surface area contributed by atoms with Gasteiger partial charge in [0.15, 0.2) is 0 Å². The molecule has 0 radical (unpaired) electrons. The third kappa shape index (κ3) is 3.47. The lowest BCUT2D eigenvalue weighted by Crippen LogP contribution is -2.53. The van der Waals surface area contributed by atoms with Crippen LogP contribution in [-0.4, -0.2) is 41.6 Å². The third-order valence-electron chi connectivity index (χ3n) is 3.99. The Morgan fingerprint density at radius 1 is 1.05 bits per heavy atom. The maximum atomic E-state index is 4.62. The highest BCUT2D eigenvalue weighted by molar-refractivity contribution is 5.40. The standard InChI is InChI=1S/C16H27N3/c1-13(2)14-6-7-15(17-12-14)18-8-10-19(11-9-18)16(3,4)5/h6-7,12-13H,8-11H2,1-5H3. The summed E-state index contributed by atoms with van der Waals surface area (Å²) in [7, 11) is 0. The minimum atomic E-state index is 0.279. The van der Waals surface area contributed by atoms with Crippen LogP contribution in [0.15, 0.2) is 18.3 Å². The van der Waals surface area contributed by atoms with Gasteiger partial charge in [-0.1, -0.05) is 19.9 Å². The fourth-order valence-electron chi connectivity index (χ4n) is 2.53. The molecule has 106 valence electrons. The van der Waals surface area contributed by atoms with Crippen LogP contribution < -0.4 is 4.90 Å². The summed E-state index contributed by atoms with van der Waals surface area (Å²) in [6.45, 7) is 15.7. The molecule has 0 atom stereocenters. The molecule has 1 aromatic rings. The second-order valence-corrected chi connectivity index (χ2v) is 6.75. The lowest BCUT2D eigenvalue weighted by atomic mass is 10.0. The smallest absolute Gasteiger partial charge is 0.128 e.